The van der Waals surface area contributed by atoms with Gasteiger partial charge >= 0.3 is 0 Å². The lowest BCUT2D eigenvalue weighted by Gasteiger charge is -2.48. The van der Waals surface area contributed by atoms with Crippen LogP contribution in [0.5, 0.6) is 0 Å². The molecular formula is C6H5ClF6S. The van der Waals surface area contributed by atoms with Gasteiger partial charge in [-0.15, -0.1) is 15.5 Å². The van der Waals surface area contributed by atoms with Gasteiger partial charge in [0.1, 0.15) is 5.25 Å². The summed E-state index contributed by atoms with van der Waals surface area (Å²) < 4.78 is 74.6. The van der Waals surface area contributed by atoms with Gasteiger partial charge in [-0.3, -0.25) is 0 Å². The van der Waals surface area contributed by atoms with Crippen molar-refractivity contribution in [3.05, 3.63) is 23.8 Å². The second-order valence-corrected chi connectivity index (χ2v) is 7.47. The van der Waals surface area contributed by atoms with Crippen LogP contribution in [0.4, 0.5) is 24.3 Å². The van der Waals surface area contributed by atoms with Crippen LogP contribution in [0.1, 0.15) is 6.42 Å². The van der Waals surface area contributed by atoms with Gasteiger partial charge in [-0.1, -0.05) is 0 Å². The summed E-state index contributed by atoms with van der Waals surface area (Å²) in [6.07, 6.45) is -0.880. The molecule has 0 aromatic carbocycles. The van der Waals surface area contributed by atoms with E-state index in [2.05, 4.69) is 10.7 Å². The average Bonchev–Trinajstić information content (AvgIpc) is 1.89. The Bertz CT molecular complexity index is 325. The van der Waals surface area contributed by atoms with Gasteiger partial charge in [-0.2, -0.15) is 0 Å². The minimum atomic E-state index is -8.78. The highest BCUT2D eigenvalue weighted by Gasteiger charge is 2.67. The van der Waals surface area contributed by atoms with E-state index in [0.717, 1.165) is 0 Å². The van der Waals surface area contributed by atoms with Crippen LogP contribution in [0.25, 0.3) is 0 Å². The summed E-state index contributed by atoms with van der Waals surface area (Å²) in [6.45, 7) is 0. The molecule has 0 radical (unpaired) electrons. The number of halogens is 7. The fraction of sp³-hybridized carbons (Fsp3) is 0.333. The minimum Gasteiger partial charge on any atom is -0.204 e. The van der Waals surface area contributed by atoms with Crippen LogP contribution in [-0.4, -0.2) is 5.25 Å². The Morgan fingerprint density at radius 3 is 2.00 bits per heavy atom. The van der Waals surface area contributed by atoms with Crippen molar-refractivity contribution in [3.8, 4) is 0 Å². The maximum atomic E-state index is 12.5. The lowest BCUT2D eigenvalue weighted by atomic mass is 10.2. The van der Waals surface area contributed by atoms with Gasteiger partial charge < -0.3 is 0 Å². The van der Waals surface area contributed by atoms with Gasteiger partial charge in [0.25, 0.3) is 0 Å². The molecule has 0 aromatic heterocycles. The Morgan fingerprint density at radius 1 is 1.14 bits per heavy atom. The molecule has 1 unspecified atom stereocenters. The fourth-order valence-electron chi connectivity index (χ4n) is 0.938. The first kappa shape index (κ1) is 11.8. The van der Waals surface area contributed by atoms with E-state index in [1.165, 1.54) is 0 Å². The summed E-state index contributed by atoms with van der Waals surface area (Å²) in [5, 5.41) is -2.78. The van der Waals surface area contributed by atoms with E-state index in [1.807, 2.05) is 0 Å². The predicted molar refractivity (Wildman–Crippen MR) is 44.7 cm³/mol. The number of rotatable bonds is 1. The molecule has 0 N–H and O–H groups in total. The van der Waals surface area contributed by atoms with Crippen LogP contribution in [0, 0.1) is 0 Å². The van der Waals surface area contributed by atoms with Gasteiger partial charge in [-0.25, -0.2) is 8.78 Å². The van der Waals surface area contributed by atoms with E-state index in [4.69, 9.17) is 0 Å². The molecule has 0 spiro atoms. The van der Waals surface area contributed by atoms with E-state index in [-0.39, 0.29) is 6.08 Å². The van der Waals surface area contributed by atoms with E-state index < -0.39 is 32.4 Å². The molecule has 0 heterocycles. The van der Waals surface area contributed by atoms with Crippen molar-refractivity contribution in [3.63, 3.8) is 0 Å². The van der Waals surface area contributed by atoms with Crippen molar-refractivity contribution in [2.45, 2.75) is 11.7 Å². The highest BCUT2D eigenvalue weighted by molar-refractivity contribution is 8.66. The molecule has 8 heteroatoms. The second kappa shape index (κ2) is 2.44. The molecule has 0 bridgehead atoms. The standard InChI is InChI=1S/C6H5ClF6S/c7-14(10,11,12,13)4-1-2-5(8)6(9)3-4/h2-4H,1H2. The average molecular weight is 259 g/mol. The van der Waals surface area contributed by atoms with Gasteiger partial charge in [0.15, 0.2) is 11.7 Å². The summed E-state index contributed by atoms with van der Waals surface area (Å²) in [6, 6.07) is 0. The van der Waals surface area contributed by atoms with Crippen molar-refractivity contribution in [2.24, 2.45) is 0 Å². The fourth-order valence-corrected chi connectivity index (χ4v) is 2.15. The van der Waals surface area contributed by atoms with Crippen molar-refractivity contribution in [1.82, 2.24) is 0 Å². The molecule has 0 fully saturated rings. The molecule has 0 nitrogen and oxygen atoms in total. The van der Waals surface area contributed by atoms with Gasteiger partial charge in [-0.05, 0) is 18.6 Å². The molecule has 1 rings (SSSR count). The highest BCUT2D eigenvalue weighted by atomic mass is 35.7. The van der Waals surface area contributed by atoms with E-state index in [0.29, 0.717) is 6.08 Å². The summed E-state index contributed by atoms with van der Waals surface area (Å²) in [5.74, 6) is -3.17. The molecule has 1 aliphatic carbocycles. The Labute approximate surface area is 80.2 Å². The first-order valence-corrected chi connectivity index (χ1v) is 6.30. The van der Waals surface area contributed by atoms with Gasteiger partial charge in [0.2, 0.25) is 9.05 Å². The van der Waals surface area contributed by atoms with Gasteiger partial charge in [0, 0.05) is 10.7 Å². The van der Waals surface area contributed by atoms with Crippen molar-refractivity contribution < 1.29 is 24.3 Å². The SMILES string of the molecule is FC1=CCC(S(F)(F)(F)(F)Cl)C=C1F. The molecule has 84 valence electrons. The normalized spacial score (nSPS) is 28.6. The lowest BCUT2D eigenvalue weighted by Crippen LogP contribution is -2.23. The Morgan fingerprint density at radius 2 is 1.64 bits per heavy atom. The molecular weight excluding hydrogens is 254 g/mol. The Hall–Kier alpha value is -0.300. The zero-order valence-corrected chi connectivity index (χ0v) is 8.07. The highest BCUT2D eigenvalue weighted by Crippen LogP contribution is 3.03. The lowest BCUT2D eigenvalue weighted by molar-refractivity contribution is 0.456. The third-order valence-corrected chi connectivity index (χ3v) is 3.82. The molecule has 0 aliphatic heterocycles. The smallest absolute Gasteiger partial charge is 0.204 e. The van der Waals surface area contributed by atoms with Crippen molar-refractivity contribution in [2.75, 3.05) is 0 Å². The van der Waals surface area contributed by atoms with Crippen LogP contribution in [0.2, 0.25) is 0 Å². The number of hydrogen-bond donors (Lipinski definition) is 0. The third-order valence-electron chi connectivity index (χ3n) is 1.66. The Balaban J connectivity index is 3.10. The third kappa shape index (κ3) is 2.60. The first-order chi connectivity index (χ1) is 5.90. The maximum absolute atomic E-state index is 12.5. The number of hydrogen-bond acceptors (Lipinski definition) is 0. The summed E-state index contributed by atoms with van der Waals surface area (Å²) in [4.78, 5) is 0. The largest absolute Gasteiger partial charge is 0.236 e. The van der Waals surface area contributed by atoms with Crippen molar-refractivity contribution >= 4 is 19.7 Å². The van der Waals surface area contributed by atoms with Crippen LogP contribution in [0.15, 0.2) is 23.8 Å². The molecule has 14 heavy (non-hydrogen) atoms. The first-order valence-electron chi connectivity index (χ1n) is 3.36. The van der Waals surface area contributed by atoms with E-state index in [1.54, 1.807) is 0 Å². The quantitative estimate of drug-likeness (QED) is 0.579. The molecule has 0 saturated heterocycles. The molecule has 0 saturated carbocycles. The second-order valence-electron chi connectivity index (χ2n) is 2.87. The maximum Gasteiger partial charge on any atom is 0.236 e. The van der Waals surface area contributed by atoms with Crippen molar-refractivity contribution in [1.29, 1.82) is 0 Å². The molecule has 1 aliphatic rings. The minimum absolute atomic E-state index is 0.177. The summed E-state index contributed by atoms with van der Waals surface area (Å²) >= 11 is 0. The van der Waals surface area contributed by atoms with E-state index >= 15 is 0 Å². The summed E-state index contributed by atoms with van der Waals surface area (Å²) in [7, 11) is -4.86. The topological polar surface area (TPSA) is 0 Å². The van der Waals surface area contributed by atoms with Crippen LogP contribution >= 0.6 is 19.7 Å². The monoisotopic (exact) mass is 258 g/mol. The molecule has 0 amide bonds. The zero-order chi connectivity index (χ0) is 11.3. The van der Waals surface area contributed by atoms with E-state index in [9.17, 15) is 24.3 Å². The van der Waals surface area contributed by atoms with Gasteiger partial charge in [0.05, 0.1) is 0 Å². The molecule has 1 atom stereocenters. The van der Waals surface area contributed by atoms with Crippen LogP contribution in [0.3, 0.4) is 0 Å². The zero-order valence-electron chi connectivity index (χ0n) is 6.49. The number of allylic oxidation sites excluding steroid dienone is 3. The Kier molecular flexibility index (Phi) is 2.05. The van der Waals surface area contributed by atoms with Crippen LogP contribution in [-0.2, 0) is 0 Å². The van der Waals surface area contributed by atoms with Crippen LogP contribution < -0.4 is 0 Å². The predicted octanol–water partition coefficient (Wildman–Crippen LogP) is 5.03. The summed E-state index contributed by atoms with van der Waals surface area (Å²) in [5.41, 5.74) is 0. The molecule has 0 aromatic rings.